The first-order valence-corrected chi connectivity index (χ1v) is 34.7. The van der Waals surface area contributed by atoms with Crippen molar-refractivity contribution in [2.24, 2.45) is 34.0 Å². The number of nitrogens with one attached hydrogen (secondary N) is 11. The second-order valence-corrected chi connectivity index (χ2v) is 27.2. The van der Waals surface area contributed by atoms with Gasteiger partial charge in [0.15, 0.2) is 5.96 Å². The SMILES string of the molecule is CC(=O)N[C@@H]1CSSC[C@H](C(=O)N[C@H](Cc2ccc3ccccc3c2)C(=O)N[C@@H](CC(C)C)C(=O)N[C@@H](CCCN=C(N)N)C(=O)N2CCC[C@H]2C(=O)N[C@@H](CN)C(=O)O)NC(=O)[C@H](CC(=O)NN)NC(=O)[C@@H](Cc2c[nH]c3ccccc23)NC(=O)[C@@H](Cc2ccc(Cl)cc2)NC1=O. The molecule has 7 rings (SSSR count). The molecule has 0 radical (unpaired) electrons. The molecule has 11 amide bonds. The van der Waals surface area contributed by atoms with Crippen molar-refractivity contribution in [1.82, 2.24) is 63.2 Å². The van der Waals surface area contributed by atoms with Gasteiger partial charge in [-0.3, -0.25) is 63.2 Å². The number of hydrogen-bond donors (Lipinski definition) is 16. The number of carboxylic acids is 1. The van der Waals surface area contributed by atoms with Crippen LogP contribution in [0.15, 0.2) is 102 Å². The number of rotatable bonds is 26. The molecule has 0 bridgehead atoms. The zero-order valence-corrected chi connectivity index (χ0v) is 56.6. The fraction of sp³-hybridized carbons (Fsp3) is 0.431. The first kappa shape index (κ1) is 75.9. The van der Waals surface area contributed by atoms with Gasteiger partial charge in [-0.15, -0.1) is 0 Å². The lowest BCUT2D eigenvalue weighted by atomic mass is 9.99. The normalized spacial score (nSPS) is 20.0. The predicted molar refractivity (Wildman–Crippen MR) is 371 cm³/mol. The number of likely N-dealkylation sites (tertiary alicyclic amines) is 1. The number of aliphatic carboxylic acids is 1. The first-order valence-electron chi connectivity index (χ1n) is 31.8. The minimum atomic E-state index is -1.80. The number of carboxylic acid groups (broad SMARTS) is 1. The van der Waals surface area contributed by atoms with Gasteiger partial charge in [-0.05, 0) is 83.7 Å². The van der Waals surface area contributed by atoms with Crippen molar-refractivity contribution in [1.29, 1.82) is 0 Å². The lowest BCUT2D eigenvalue weighted by Crippen LogP contribution is -2.61. The fourth-order valence-electron chi connectivity index (χ4n) is 11.3. The number of carbonyl (C=O) groups is 12. The molecule has 2 aliphatic heterocycles. The van der Waals surface area contributed by atoms with Gasteiger partial charge in [0.2, 0.25) is 65.0 Å². The molecule has 0 spiro atoms. The second kappa shape index (κ2) is 36.7. The number of para-hydroxylation sites is 1. The number of aromatic amines is 1. The van der Waals surface area contributed by atoms with E-state index in [1.165, 1.54) is 11.8 Å². The Kier molecular flexibility index (Phi) is 28.4. The van der Waals surface area contributed by atoms with Crippen LogP contribution in [0.5, 0.6) is 0 Å². The maximum absolute atomic E-state index is 15.2. The van der Waals surface area contributed by atoms with E-state index >= 15 is 9.59 Å². The van der Waals surface area contributed by atoms with Crippen molar-refractivity contribution in [2.75, 3.05) is 31.1 Å². The molecule has 3 heterocycles. The first-order chi connectivity index (χ1) is 46.8. The van der Waals surface area contributed by atoms with E-state index in [1.54, 1.807) is 80.7 Å². The van der Waals surface area contributed by atoms with Crippen molar-refractivity contribution >= 4 is 132 Å². The molecule has 10 atom stereocenters. The largest absolute Gasteiger partial charge is 0.480 e. The zero-order valence-electron chi connectivity index (χ0n) is 54.2. The number of nitrogens with two attached hydrogens (primary N) is 4. The monoisotopic (exact) mass is 1410 g/mol. The Morgan fingerprint density at radius 3 is 2.02 bits per heavy atom. The van der Waals surface area contributed by atoms with Gasteiger partial charge in [0.1, 0.15) is 60.4 Å². The molecule has 1 aromatic heterocycles. The average molecular weight is 1410 g/mol. The molecule has 30 nitrogen and oxygen atoms in total. The summed E-state index contributed by atoms with van der Waals surface area (Å²) in [6.45, 7) is 4.45. The molecule has 526 valence electrons. The number of nitrogens with zero attached hydrogens (tertiary/aromatic N) is 2. The van der Waals surface area contributed by atoms with Crippen LogP contribution in [0.3, 0.4) is 0 Å². The van der Waals surface area contributed by atoms with Crippen LogP contribution in [0.1, 0.15) is 76.0 Å². The summed E-state index contributed by atoms with van der Waals surface area (Å²) in [7, 11) is 1.96. The summed E-state index contributed by atoms with van der Waals surface area (Å²) in [6, 6.07) is 11.8. The Morgan fingerprint density at radius 2 is 1.34 bits per heavy atom. The summed E-state index contributed by atoms with van der Waals surface area (Å²) < 4.78 is 0. The van der Waals surface area contributed by atoms with Crippen LogP contribution >= 0.6 is 33.2 Å². The van der Waals surface area contributed by atoms with Gasteiger partial charge < -0.3 is 80.0 Å². The van der Waals surface area contributed by atoms with Gasteiger partial charge >= 0.3 is 5.97 Å². The molecule has 0 aliphatic carbocycles. The van der Waals surface area contributed by atoms with Crippen molar-refractivity contribution < 1.29 is 62.6 Å². The summed E-state index contributed by atoms with van der Waals surface area (Å²) in [4.78, 5) is 178. The summed E-state index contributed by atoms with van der Waals surface area (Å²) in [6.07, 6.45) is 0.890. The van der Waals surface area contributed by atoms with Crippen LogP contribution in [-0.4, -0.2) is 183 Å². The molecule has 2 saturated heterocycles. The van der Waals surface area contributed by atoms with Gasteiger partial charge in [0.05, 0.1) is 6.42 Å². The number of fused-ring (bicyclic) bond motifs is 2. The highest BCUT2D eigenvalue weighted by Gasteiger charge is 2.41. The molecule has 5 aromatic rings. The third-order valence-electron chi connectivity index (χ3n) is 16.3. The van der Waals surface area contributed by atoms with Crippen LogP contribution in [0.2, 0.25) is 5.02 Å². The van der Waals surface area contributed by atoms with E-state index in [0.29, 0.717) is 39.0 Å². The fourth-order valence-corrected chi connectivity index (χ4v) is 13.7. The predicted octanol–water partition coefficient (Wildman–Crippen LogP) is -0.706. The van der Waals surface area contributed by atoms with E-state index in [9.17, 15) is 53.1 Å². The number of halogens is 1. The van der Waals surface area contributed by atoms with Gasteiger partial charge in [0.25, 0.3) is 0 Å². The van der Waals surface area contributed by atoms with Crippen LogP contribution in [0.25, 0.3) is 21.7 Å². The third-order valence-corrected chi connectivity index (χ3v) is 18.9. The van der Waals surface area contributed by atoms with Gasteiger partial charge in [-0.25, -0.2) is 10.6 Å². The Hall–Kier alpha value is -9.50. The summed E-state index contributed by atoms with van der Waals surface area (Å²) >= 11 is 6.21. The Bertz CT molecular complexity index is 3750. The van der Waals surface area contributed by atoms with Crippen LogP contribution < -0.4 is 76.3 Å². The van der Waals surface area contributed by atoms with Crippen LogP contribution in [-0.2, 0) is 76.8 Å². The zero-order chi connectivity index (χ0) is 71.2. The number of aromatic nitrogens is 1. The standard InChI is InChI=1S/C65H84ClN17O13S2/c1-34(2)24-45(55(86)74-44(14-8-22-71-65(68)69)63(94)83-23-9-15-53(83)62(93)80-50(30-67)64(95)96)75-57(88)47(27-37-16-19-38-10-4-5-11-39(38)25-37)77-61(92)52-33-98-97-32-51(73-35(3)84)60(91)76-46(26-36-17-20-41(66)21-18-36)56(87)78-48(28-40-31-72-43-13-7-6-12-42(40)43)58(89)79-49(59(90)81-52)29-54(85)82-70/h4-7,10-13,16-21,25,31,34,44-53,72H,8-9,14-15,22-24,26-30,32-33,67,70H2,1-3H3,(H,73,84)(H,74,86)(H,75,88)(H,76,91)(H,77,92)(H,78,87)(H,79,89)(H,80,93)(H,81,90)(H,82,85)(H,95,96)(H4,68,69,71)/t44-,45-,46+,47+,48+,49-,50-,51+,52+,53-/m0/s1. The minimum Gasteiger partial charge on any atom is -0.480 e. The van der Waals surface area contributed by atoms with Gasteiger partial charge in [0, 0.05) is 79.4 Å². The molecular formula is C65H84ClN17O13S2. The Labute approximate surface area is 577 Å². The summed E-state index contributed by atoms with van der Waals surface area (Å²) in [5.41, 5.74) is 21.1. The number of H-pyrrole nitrogens is 1. The number of aliphatic imine (C=N–C) groups is 1. The highest BCUT2D eigenvalue weighted by Crippen LogP contribution is 2.26. The average Bonchev–Trinajstić information content (AvgIpc) is 1.56. The molecule has 20 N–H and O–H groups in total. The molecule has 2 fully saturated rings. The number of hydrogen-bond acceptors (Lipinski definition) is 17. The van der Waals surface area contributed by atoms with E-state index in [1.807, 2.05) is 35.8 Å². The van der Waals surface area contributed by atoms with E-state index in [0.717, 1.165) is 32.4 Å². The molecule has 0 unspecified atom stereocenters. The van der Waals surface area contributed by atoms with Crippen molar-refractivity contribution in [3.63, 3.8) is 0 Å². The molecular weight excluding hydrogens is 1330 g/mol. The number of carbonyl (C=O) groups excluding carboxylic acids is 11. The molecule has 2 aliphatic rings. The van der Waals surface area contributed by atoms with E-state index in [2.05, 4.69) is 57.8 Å². The lowest BCUT2D eigenvalue weighted by Gasteiger charge is -2.31. The summed E-state index contributed by atoms with van der Waals surface area (Å²) in [5.74, 6) is -6.24. The highest BCUT2D eigenvalue weighted by molar-refractivity contribution is 8.76. The minimum absolute atomic E-state index is 0.0175. The van der Waals surface area contributed by atoms with Crippen molar-refractivity contribution in [3.05, 3.63) is 119 Å². The Morgan fingerprint density at radius 1 is 0.714 bits per heavy atom. The summed E-state index contributed by atoms with van der Waals surface area (Å²) in [5, 5.41) is 36.4. The van der Waals surface area contributed by atoms with E-state index in [4.69, 9.17) is 34.6 Å². The maximum atomic E-state index is 15.2. The van der Waals surface area contributed by atoms with Crippen molar-refractivity contribution in [3.8, 4) is 0 Å². The second-order valence-electron chi connectivity index (χ2n) is 24.2. The quantitative estimate of drug-likeness (QED) is 0.00619. The highest BCUT2D eigenvalue weighted by atomic mass is 35.5. The molecule has 0 saturated carbocycles. The maximum Gasteiger partial charge on any atom is 0.327 e. The topological polar surface area (TPSA) is 481 Å². The van der Waals surface area contributed by atoms with Crippen LogP contribution in [0, 0.1) is 5.92 Å². The number of amides is 11. The van der Waals surface area contributed by atoms with Gasteiger partial charge in [-0.2, -0.15) is 0 Å². The lowest BCUT2D eigenvalue weighted by molar-refractivity contribution is -0.145. The molecule has 98 heavy (non-hydrogen) atoms. The van der Waals surface area contributed by atoms with Crippen LogP contribution in [0.4, 0.5) is 0 Å². The number of hydrazine groups is 1. The van der Waals surface area contributed by atoms with Gasteiger partial charge in [-0.1, -0.05) is 120 Å². The van der Waals surface area contributed by atoms with E-state index < -0.39 is 144 Å². The van der Waals surface area contributed by atoms with E-state index in [-0.39, 0.29) is 81.4 Å². The third kappa shape index (κ3) is 22.3. The van der Waals surface area contributed by atoms with Crippen molar-refractivity contribution in [2.45, 2.75) is 139 Å². The Balaban J connectivity index is 1.23. The molecule has 4 aromatic carbocycles. The molecule has 33 heteroatoms. The number of guanidine groups is 1. The number of benzene rings is 4. The smallest absolute Gasteiger partial charge is 0.327 e.